The molecule has 1 spiro atoms. The van der Waals surface area contributed by atoms with Crippen LogP contribution < -0.4 is 0 Å². The van der Waals surface area contributed by atoms with Crippen LogP contribution in [0.2, 0.25) is 10.0 Å². The first-order chi connectivity index (χ1) is 9.51. The van der Waals surface area contributed by atoms with Crippen molar-refractivity contribution in [1.29, 1.82) is 0 Å². The minimum absolute atomic E-state index is 0.00275. The molecular formula is C15H17Cl2NO2. The van der Waals surface area contributed by atoms with Crippen molar-refractivity contribution < 1.29 is 9.53 Å². The maximum absolute atomic E-state index is 12.5. The first-order valence-electron chi connectivity index (χ1n) is 6.90. The Balaban J connectivity index is 1.73. The number of likely N-dealkylation sites (tertiary alicyclic amines) is 1. The predicted molar refractivity (Wildman–Crippen MR) is 79.6 cm³/mol. The SMILES string of the molecule is Cc1c(Cl)cc(C(=O)N2CCC3(CCO3)CC2)cc1Cl. The third kappa shape index (κ3) is 2.43. The average molecular weight is 314 g/mol. The molecule has 1 aromatic rings. The van der Waals surface area contributed by atoms with Crippen LogP contribution in [0.4, 0.5) is 0 Å². The monoisotopic (exact) mass is 313 g/mol. The topological polar surface area (TPSA) is 29.5 Å². The van der Waals surface area contributed by atoms with E-state index in [0.717, 1.165) is 44.5 Å². The van der Waals surface area contributed by atoms with Crippen LogP contribution in [0.1, 0.15) is 35.2 Å². The van der Waals surface area contributed by atoms with E-state index in [0.29, 0.717) is 15.6 Å². The molecule has 1 aromatic carbocycles. The van der Waals surface area contributed by atoms with Crippen LogP contribution in [0.3, 0.4) is 0 Å². The van der Waals surface area contributed by atoms with Crippen molar-refractivity contribution in [2.75, 3.05) is 19.7 Å². The largest absolute Gasteiger partial charge is 0.375 e. The quantitative estimate of drug-likeness (QED) is 0.791. The fourth-order valence-electron chi connectivity index (χ4n) is 2.85. The zero-order valence-electron chi connectivity index (χ0n) is 11.4. The number of carbonyl (C=O) groups excluding carboxylic acids is 1. The number of amides is 1. The minimum Gasteiger partial charge on any atom is -0.375 e. The summed E-state index contributed by atoms with van der Waals surface area (Å²) < 4.78 is 5.67. The van der Waals surface area contributed by atoms with Crippen molar-refractivity contribution in [2.24, 2.45) is 0 Å². The summed E-state index contributed by atoms with van der Waals surface area (Å²) in [6, 6.07) is 3.41. The van der Waals surface area contributed by atoms with E-state index in [4.69, 9.17) is 27.9 Å². The molecule has 1 amide bonds. The molecule has 2 saturated heterocycles. The van der Waals surface area contributed by atoms with E-state index in [1.165, 1.54) is 0 Å². The lowest BCUT2D eigenvalue weighted by Gasteiger charge is -2.47. The first-order valence-corrected chi connectivity index (χ1v) is 7.65. The van der Waals surface area contributed by atoms with Gasteiger partial charge in [0.05, 0.1) is 12.2 Å². The predicted octanol–water partition coefficient (Wildman–Crippen LogP) is 3.70. The Kier molecular flexibility index (Phi) is 3.69. The van der Waals surface area contributed by atoms with Crippen LogP contribution in [0.5, 0.6) is 0 Å². The number of hydrogen-bond acceptors (Lipinski definition) is 2. The number of benzene rings is 1. The zero-order valence-corrected chi connectivity index (χ0v) is 12.9. The molecule has 0 bridgehead atoms. The first kappa shape index (κ1) is 14.2. The molecule has 0 aromatic heterocycles. The van der Waals surface area contributed by atoms with Gasteiger partial charge in [0.1, 0.15) is 0 Å². The summed E-state index contributed by atoms with van der Waals surface area (Å²) in [5, 5.41) is 1.08. The molecule has 3 rings (SSSR count). The molecule has 0 radical (unpaired) electrons. The Morgan fingerprint density at radius 2 is 1.75 bits per heavy atom. The molecule has 2 fully saturated rings. The van der Waals surface area contributed by atoms with E-state index in [1.54, 1.807) is 12.1 Å². The number of ether oxygens (including phenoxy) is 1. The minimum atomic E-state index is 0.00275. The van der Waals surface area contributed by atoms with E-state index in [2.05, 4.69) is 0 Å². The molecule has 3 nitrogen and oxygen atoms in total. The van der Waals surface area contributed by atoms with Gasteiger partial charge >= 0.3 is 0 Å². The Bertz CT molecular complexity index is 522. The van der Waals surface area contributed by atoms with Gasteiger partial charge in [-0.1, -0.05) is 23.2 Å². The second-order valence-corrected chi connectivity index (χ2v) is 6.45. The Labute approximate surface area is 128 Å². The molecule has 2 aliphatic rings. The van der Waals surface area contributed by atoms with E-state index in [9.17, 15) is 4.79 Å². The standard InChI is InChI=1S/C15H17Cl2NO2/c1-10-12(16)8-11(9-13(10)17)14(19)18-5-2-15(3-6-18)4-7-20-15/h8-9H,2-7H2,1H3. The van der Waals surface area contributed by atoms with Gasteiger partial charge in [-0.3, -0.25) is 4.79 Å². The maximum atomic E-state index is 12.5. The van der Waals surface area contributed by atoms with Crippen LogP contribution >= 0.6 is 23.2 Å². The lowest BCUT2D eigenvalue weighted by Crippen LogP contribution is -2.53. The lowest BCUT2D eigenvalue weighted by molar-refractivity contribution is -0.169. The van der Waals surface area contributed by atoms with Gasteiger partial charge in [0, 0.05) is 28.7 Å². The van der Waals surface area contributed by atoms with E-state index in [-0.39, 0.29) is 11.5 Å². The van der Waals surface area contributed by atoms with Crippen LogP contribution in [-0.2, 0) is 4.74 Å². The summed E-state index contributed by atoms with van der Waals surface area (Å²) >= 11 is 12.2. The lowest BCUT2D eigenvalue weighted by atomic mass is 9.84. The number of hydrogen-bond donors (Lipinski definition) is 0. The average Bonchev–Trinajstić information content (AvgIpc) is 2.42. The van der Waals surface area contributed by atoms with Gasteiger partial charge in [-0.25, -0.2) is 0 Å². The van der Waals surface area contributed by atoms with Crippen molar-refractivity contribution in [3.63, 3.8) is 0 Å². The molecular weight excluding hydrogens is 297 g/mol. The molecule has 0 atom stereocenters. The third-order valence-electron chi connectivity index (χ3n) is 4.46. The molecule has 2 aliphatic heterocycles. The summed E-state index contributed by atoms with van der Waals surface area (Å²) in [7, 11) is 0. The summed E-state index contributed by atoms with van der Waals surface area (Å²) in [6.45, 7) is 4.18. The van der Waals surface area contributed by atoms with Crippen molar-refractivity contribution in [1.82, 2.24) is 4.90 Å². The number of nitrogens with zero attached hydrogens (tertiary/aromatic N) is 1. The highest BCUT2D eigenvalue weighted by atomic mass is 35.5. The smallest absolute Gasteiger partial charge is 0.253 e. The number of piperidine rings is 1. The zero-order chi connectivity index (χ0) is 14.3. The van der Waals surface area contributed by atoms with E-state index >= 15 is 0 Å². The molecule has 0 saturated carbocycles. The molecule has 108 valence electrons. The summed E-state index contributed by atoms with van der Waals surface area (Å²) in [4.78, 5) is 14.4. The number of rotatable bonds is 1. The Morgan fingerprint density at radius 1 is 1.20 bits per heavy atom. The van der Waals surface area contributed by atoms with E-state index < -0.39 is 0 Å². The van der Waals surface area contributed by atoms with Crippen LogP contribution in [0.25, 0.3) is 0 Å². The van der Waals surface area contributed by atoms with Gasteiger partial charge < -0.3 is 9.64 Å². The highest BCUT2D eigenvalue weighted by Crippen LogP contribution is 2.37. The molecule has 0 unspecified atom stereocenters. The molecule has 0 aliphatic carbocycles. The van der Waals surface area contributed by atoms with Crippen molar-refractivity contribution in [3.8, 4) is 0 Å². The van der Waals surface area contributed by atoms with Crippen molar-refractivity contribution in [2.45, 2.75) is 31.8 Å². The van der Waals surface area contributed by atoms with Gasteiger partial charge in [-0.15, -0.1) is 0 Å². The summed E-state index contributed by atoms with van der Waals surface area (Å²) in [5.41, 5.74) is 1.43. The van der Waals surface area contributed by atoms with E-state index in [1.807, 2.05) is 11.8 Å². The van der Waals surface area contributed by atoms with Crippen LogP contribution in [-0.4, -0.2) is 36.1 Å². The van der Waals surface area contributed by atoms with Crippen LogP contribution in [0.15, 0.2) is 12.1 Å². The fraction of sp³-hybridized carbons (Fsp3) is 0.533. The second-order valence-electron chi connectivity index (χ2n) is 5.64. The molecule has 0 N–H and O–H groups in total. The molecule has 2 heterocycles. The highest BCUT2D eigenvalue weighted by Gasteiger charge is 2.42. The Morgan fingerprint density at radius 3 is 2.20 bits per heavy atom. The van der Waals surface area contributed by atoms with Gasteiger partial charge in [-0.2, -0.15) is 0 Å². The van der Waals surface area contributed by atoms with Crippen molar-refractivity contribution in [3.05, 3.63) is 33.3 Å². The third-order valence-corrected chi connectivity index (χ3v) is 5.24. The maximum Gasteiger partial charge on any atom is 0.253 e. The van der Waals surface area contributed by atoms with Crippen LogP contribution in [0, 0.1) is 6.92 Å². The highest BCUT2D eigenvalue weighted by molar-refractivity contribution is 6.36. The van der Waals surface area contributed by atoms with Crippen molar-refractivity contribution >= 4 is 29.1 Å². The number of halogens is 2. The summed E-state index contributed by atoms with van der Waals surface area (Å²) in [5.74, 6) is 0.00275. The normalized spacial score (nSPS) is 20.9. The molecule has 5 heteroatoms. The Hall–Kier alpha value is -0.770. The molecule has 20 heavy (non-hydrogen) atoms. The van der Waals surface area contributed by atoms with Gasteiger partial charge in [0.15, 0.2) is 0 Å². The van der Waals surface area contributed by atoms with Gasteiger partial charge in [0.25, 0.3) is 5.91 Å². The summed E-state index contributed by atoms with van der Waals surface area (Å²) in [6.07, 6.45) is 2.97. The second kappa shape index (κ2) is 5.21. The number of carbonyl (C=O) groups is 1. The van der Waals surface area contributed by atoms with Gasteiger partial charge in [-0.05, 0) is 43.9 Å². The fourth-order valence-corrected chi connectivity index (χ4v) is 3.34. The van der Waals surface area contributed by atoms with Gasteiger partial charge in [0.2, 0.25) is 0 Å².